The topological polar surface area (TPSA) is 58.6 Å². The summed E-state index contributed by atoms with van der Waals surface area (Å²) in [6.07, 6.45) is 3.66. The lowest BCUT2D eigenvalue weighted by molar-refractivity contribution is -0.132. The van der Waals surface area contributed by atoms with Crippen LogP contribution in [0.25, 0.3) is 11.4 Å². The van der Waals surface area contributed by atoms with E-state index in [4.69, 9.17) is 14.7 Å². The molecule has 1 fully saturated rings. The van der Waals surface area contributed by atoms with E-state index >= 15 is 0 Å². The van der Waals surface area contributed by atoms with E-state index in [9.17, 15) is 4.79 Å². The van der Waals surface area contributed by atoms with Crippen LogP contribution in [0.2, 0.25) is 0 Å². The molecule has 2 aliphatic heterocycles. The minimum absolute atomic E-state index is 0.144. The van der Waals surface area contributed by atoms with E-state index in [1.54, 1.807) is 0 Å². The molecule has 2 unspecified atom stereocenters. The molecule has 1 aromatic heterocycles. The number of carbonyl (C=O) groups is 1. The zero-order chi connectivity index (χ0) is 21.1. The van der Waals surface area contributed by atoms with Gasteiger partial charge < -0.3 is 14.5 Å². The van der Waals surface area contributed by atoms with Crippen LogP contribution in [-0.2, 0) is 22.5 Å². The van der Waals surface area contributed by atoms with Crippen LogP contribution in [0.4, 0.5) is 5.82 Å². The van der Waals surface area contributed by atoms with Crippen LogP contribution in [0.5, 0.6) is 0 Å². The Labute approximate surface area is 179 Å². The number of morpholine rings is 1. The predicted molar refractivity (Wildman–Crippen MR) is 118 cm³/mol. The Morgan fingerprint density at radius 2 is 1.87 bits per heavy atom. The number of unbranched alkanes of at least 4 members (excludes halogenated alkanes) is 1. The van der Waals surface area contributed by atoms with Crippen LogP contribution in [0, 0.1) is 0 Å². The van der Waals surface area contributed by atoms with E-state index in [-0.39, 0.29) is 18.1 Å². The number of hydrogen-bond acceptors (Lipinski definition) is 5. The molecule has 1 saturated heterocycles. The first-order chi connectivity index (χ1) is 14.5. The van der Waals surface area contributed by atoms with Gasteiger partial charge in [-0.15, -0.1) is 0 Å². The first-order valence-electron chi connectivity index (χ1n) is 11.2. The van der Waals surface area contributed by atoms with Crippen molar-refractivity contribution in [2.45, 2.75) is 65.2 Å². The molecule has 3 heterocycles. The lowest BCUT2D eigenvalue weighted by Gasteiger charge is -2.39. The Balaban J connectivity index is 1.71. The molecule has 6 nitrogen and oxygen atoms in total. The number of rotatable bonds is 5. The Kier molecular flexibility index (Phi) is 6.32. The van der Waals surface area contributed by atoms with Gasteiger partial charge in [-0.3, -0.25) is 4.79 Å². The first kappa shape index (κ1) is 20.8. The van der Waals surface area contributed by atoms with Crippen molar-refractivity contribution < 1.29 is 9.53 Å². The number of anilines is 1. The van der Waals surface area contributed by atoms with E-state index in [1.165, 1.54) is 0 Å². The number of benzene rings is 1. The second-order valence-electron chi connectivity index (χ2n) is 8.49. The summed E-state index contributed by atoms with van der Waals surface area (Å²) in [5, 5.41) is 0. The van der Waals surface area contributed by atoms with Gasteiger partial charge in [0.25, 0.3) is 0 Å². The maximum Gasteiger partial charge on any atom is 0.222 e. The van der Waals surface area contributed by atoms with Gasteiger partial charge in [0.1, 0.15) is 5.82 Å². The van der Waals surface area contributed by atoms with Crippen molar-refractivity contribution in [2.75, 3.05) is 24.5 Å². The second kappa shape index (κ2) is 9.13. The van der Waals surface area contributed by atoms with Gasteiger partial charge in [0.15, 0.2) is 5.82 Å². The monoisotopic (exact) mass is 408 g/mol. The smallest absolute Gasteiger partial charge is 0.222 e. The summed E-state index contributed by atoms with van der Waals surface area (Å²) in [4.78, 5) is 27.0. The highest BCUT2D eigenvalue weighted by Crippen LogP contribution is 2.31. The molecule has 0 radical (unpaired) electrons. The average molecular weight is 409 g/mol. The first-order valence-corrected chi connectivity index (χ1v) is 11.2. The van der Waals surface area contributed by atoms with Crippen LogP contribution in [0.1, 0.15) is 51.3 Å². The lowest BCUT2D eigenvalue weighted by Crippen LogP contribution is -2.47. The standard InChI is InChI=1S/C24H32N4O2/c1-4-5-11-22(29)27-13-12-21-20(16-27)24(28-14-17(2)30-18(3)15-28)26-23(25-21)19-9-7-6-8-10-19/h6-10,17-18H,4-5,11-16H2,1-3H3. The van der Waals surface area contributed by atoms with E-state index in [1.807, 2.05) is 23.1 Å². The van der Waals surface area contributed by atoms with Crippen LogP contribution >= 0.6 is 0 Å². The number of carbonyl (C=O) groups excluding carboxylic acids is 1. The number of amides is 1. The van der Waals surface area contributed by atoms with Gasteiger partial charge >= 0.3 is 0 Å². The highest BCUT2D eigenvalue weighted by Gasteiger charge is 2.30. The fourth-order valence-corrected chi connectivity index (χ4v) is 4.42. The summed E-state index contributed by atoms with van der Waals surface area (Å²) in [5.74, 6) is 1.97. The molecule has 2 aliphatic rings. The number of aromatic nitrogens is 2. The van der Waals surface area contributed by atoms with Crippen LogP contribution in [-0.4, -0.2) is 52.6 Å². The quantitative estimate of drug-likeness (QED) is 0.752. The van der Waals surface area contributed by atoms with Crippen molar-refractivity contribution in [1.29, 1.82) is 0 Å². The molecular weight excluding hydrogens is 376 g/mol. The van der Waals surface area contributed by atoms with E-state index < -0.39 is 0 Å². The van der Waals surface area contributed by atoms with Gasteiger partial charge in [-0.1, -0.05) is 43.7 Å². The molecule has 2 aromatic rings. The van der Waals surface area contributed by atoms with E-state index in [2.05, 4.69) is 37.8 Å². The number of fused-ring (bicyclic) bond motifs is 1. The summed E-state index contributed by atoms with van der Waals surface area (Å²) in [6, 6.07) is 10.2. The van der Waals surface area contributed by atoms with E-state index in [0.29, 0.717) is 13.0 Å². The molecule has 0 aliphatic carbocycles. The average Bonchev–Trinajstić information content (AvgIpc) is 2.76. The molecule has 4 rings (SSSR count). The summed E-state index contributed by atoms with van der Waals surface area (Å²) < 4.78 is 5.95. The molecular formula is C24H32N4O2. The van der Waals surface area contributed by atoms with Crippen molar-refractivity contribution in [1.82, 2.24) is 14.9 Å². The molecule has 30 heavy (non-hydrogen) atoms. The molecule has 160 valence electrons. The van der Waals surface area contributed by atoms with Crippen molar-refractivity contribution in [2.24, 2.45) is 0 Å². The Morgan fingerprint density at radius 1 is 1.13 bits per heavy atom. The fourth-order valence-electron chi connectivity index (χ4n) is 4.42. The van der Waals surface area contributed by atoms with Crippen LogP contribution in [0.3, 0.4) is 0 Å². The minimum atomic E-state index is 0.144. The molecule has 0 saturated carbocycles. The van der Waals surface area contributed by atoms with Crippen molar-refractivity contribution in [3.63, 3.8) is 0 Å². The predicted octanol–water partition coefficient (Wildman–Crippen LogP) is 3.83. The van der Waals surface area contributed by atoms with Gasteiger partial charge in [0, 0.05) is 43.6 Å². The maximum atomic E-state index is 12.7. The third-order valence-corrected chi connectivity index (χ3v) is 5.89. The van der Waals surface area contributed by atoms with Gasteiger partial charge in [-0.2, -0.15) is 0 Å². The minimum Gasteiger partial charge on any atom is -0.372 e. The summed E-state index contributed by atoms with van der Waals surface area (Å²) in [7, 11) is 0. The van der Waals surface area contributed by atoms with Gasteiger partial charge in [0.2, 0.25) is 5.91 Å². The lowest BCUT2D eigenvalue weighted by atomic mass is 10.0. The molecule has 6 heteroatoms. The Hall–Kier alpha value is -2.47. The van der Waals surface area contributed by atoms with Crippen molar-refractivity contribution >= 4 is 11.7 Å². The number of nitrogens with zero attached hydrogens (tertiary/aromatic N) is 4. The number of hydrogen-bond donors (Lipinski definition) is 0. The van der Waals surface area contributed by atoms with Gasteiger partial charge in [-0.25, -0.2) is 9.97 Å². The molecule has 0 spiro atoms. The summed E-state index contributed by atoms with van der Waals surface area (Å²) in [6.45, 7) is 9.26. The summed E-state index contributed by atoms with van der Waals surface area (Å²) >= 11 is 0. The van der Waals surface area contributed by atoms with Gasteiger partial charge in [0.05, 0.1) is 24.4 Å². The summed E-state index contributed by atoms with van der Waals surface area (Å²) in [5.41, 5.74) is 3.20. The zero-order valence-electron chi connectivity index (χ0n) is 18.3. The Bertz CT molecular complexity index is 876. The third-order valence-electron chi connectivity index (χ3n) is 5.89. The molecule has 2 atom stereocenters. The van der Waals surface area contributed by atoms with Crippen LogP contribution < -0.4 is 4.90 Å². The second-order valence-corrected chi connectivity index (χ2v) is 8.49. The zero-order valence-corrected chi connectivity index (χ0v) is 18.3. The van der Waals surface area contributed by atoms with Gasteiger partial charge in [-0.05, 0) is 20.3 Å². The van der Waals surface area contributed by atoms with Crippen molar-refractivity contribution in [3.8, 4) is 11.4 Å². The fraction of sp³-hybridized carbons (Fsp3) is 0.542. The highest BCUT2D eigenvalue weighted by molar-refractivity contribution is 5.77. The third kappa shape index (κ3) is 4.48. The van der Waals surface area contributed by atoms with E-state index in [0.717, 1.165) is 67.4 Å². The van der Waals surface area contributed by atoms with Crippen molar-refractivity contribution in [3.05, 3.63) is 41.6 Å². The molecule has 1 aromatic carbocycles. The molecule has 0 N–H and O–H groups in total. The Morgan fingerprint density at radius 3 is 2.57 bits per heavy atom. The highest BCUT2D eigenvalue weighted by atomic mass is 16.5. The molecule has 1 amide bonds. The number of ether oxygens (including phenoxy) is 1. The largest absolute Gasteiger partial charge is 0.372 e. The molecule has 0 bridgehead atoms. The SMILES string of the molecule is CCCCC(=O)N1CCc2nc(-c3ccccc3)nc(N3CC(C)OC(C)C3)c2C1. The maximum absolute atomic E-state index is 12.7. The van der Waals surface area contributed by atoms with Crippen LogP contribution in [0.15, 0.2) is 30.3 Å². The normalized spacial score (nSPS) is 21.4.